The molecular formula is C15H20N2O2S. The lowest BCUT2D eigenvalue weighted by Crippen LogP contribution is -2.42. The molecule has 5 heteroatoms. The van der Waals surface area contributed by atoms with Gasteiger partial charge in [-0.1, -0.05) is 31.2 Å². The first-order chi connectivity index (χ1) is 9.27. The van der Waals surface area contributed by atoms with Crippen molar-refractivity contribution >= 4 is 26.5 Å². The Morgan fingerprint density at radius 1 is 1.10 bits per heavy atom. The smallest absolute Gasteiger partial charge is 0.241 e. The van der Waals surface area contributed by atoms with Gasteiger partial charge in [0.15, 0.2) is 0 Å². The van der Waals surface area contributed by atoms with Crippen molar-refractivity contribution in [2.24, 2.45) is 0 Å². The van der Waals surface area contributed by atoms with E-state index in [0.717, 1.165) is 5.39 Å². The molecule has 0 unspecified atom stereocenters. The van der Waals surface area contributed by atoms with Crippen LogP contribution in [0, 0.1) is 0 Å². The lowest BCUT2D eigenvalue weighted by Gasteiger charge is -2.24. The van der Waals surface area contributed by atoms with Gasteiger partial charge in [0.05, 0.1) is 4.90 Å². The summed E-state index contributed by atoms with van der Waals surface area (Å²) in [6.45, 7) is 5.68. The van der Waals surface area contributed by atoms with Crippen LogP contribution in [0.25, 0.3) is 10.8 Å². The standard InChI is InChI=1S/C15H20N2O2S/c1-4-15(2,3)17-20(18,19)14-10-9-13(16)11-7-5-6-8-12(11)14/h5-10,17H,4,16H2,1-3H3. The van der Waals surface area contributed by atoms with E-state index in [1.165, 1.54) is 0 Å². The molecule has 0 fully saturated rings. The average molecular weight is 292 g/mol. The van der Waals surface area contributed by atoms with E-state index in [-0.39, 0.29) is 4.90 Å². The maximum absolute atomic E-state index is 12.6. The average Bonchev–Trinajstić information content (AvgIpc) is 2.38. The van der Waals surface area contributed by atoms with Crippen LogP contribution in [-0.4, -0.2) is 14.0 Å². The fraction of sp³-hybridized carbons (Fsp3) is 0.333. The molecule has 0 bridgehead atoms. The highest BCUT2D eigenvalue weighted by atomic mass is 32.2. The van der Waals surface area contributed by atoms with E-state index in [0.29, 0.717) is 17.5 Å². The predicted molar refractivity (Wildman–Crippen MR) is 83.1 cm³/mol. The Balaban J connectivity index is 2.61. The second-order valence-electron chi connectivity index (χ2n) is 5.54. The third-order valence-electron chi connectivity index (χ3n) is 3.50. The molecule has 0 aliphatic rings. The summed E-state index contributed by atoms with van der Waals surface area (Å²) in [5.74, 6) is 0. The lowest BCUT2D eigenvalue weighted by molar-refractivity contribution is 0.440. The molecule has 108 valence electrons. The van der Waals surface area contributed by atoms with Crippen LogP contribution in [0.3, 0.4) is 0 Å². The number of nitrogens with one attached hydrogen (secondary N) is 1. The van der Waals surface area contributed by atoms with Crippen molar-refractivity contribution < 1.29 is 8.42 Å². The molecule has 0 amide bonds. The number of nitrogens with two attached hydrogens (primary N) is 1. The van der Waals surface area contributed by atoms with E-state index < -0.39 is 15.6 Å². The molecule has 0 saturated carbocycles. The van der Waals surface area contributed by atoms with Crippen LogP contribution in [-0.2, 0) is 10.0 Å². The molecule has 0 aliphatic heterocycles. The molecule has 0 saturated heterocycles. The van der Waals surface area contributed by atoms with Gasteiger partial charge in [-0.2, -0.15) is 0 Å². The van der Waals surface area contributed by atoms with Crippen LogP contribution >= 0.6 is 0 Å². The van der Waals surface area contributed by atoms with Crippen LogP contribution in [0.2, 0.25) is 0 Å². The number of rotatable bonds is 4. The molecule has 2 aromatic rings. The first kappa shape index (κ1) is 14.8. The summed E-state index contributed by atoms with van der Waals surface area (Å²) >= 11 is 0. The Morgan fingerprint density at radius 2 is 1.70 bits per heavy atom. The van der Waals surface area contributed by atoms with Crippen LogP contribution < -0.4 is 10.5 Å². The van der Waals surface area contributed by atoms with Gasteiger partial charge in [0.25, 0.3) is 0 Å². The van der Waals surface area contributed by atoms with Gasteiger partial charge in [-0.3, -0.25) is 0 Å². The Kier molecular flexibility index (Phi) is 3.75. The predicted octanol–water partition coefficient (Wildman–Crippen LogP) is 2.89. The fourth-order valence-corrected chi connectivity index (χ4v) is 3.72. The summed E-state index contributed by atoms with van der Waals surface area (Å²) in [4.78, 5) is 0.267. The topological polar surface area (TPSA) is 72.2 Å². The highest BCUT2D eigenvalue weighted by molar-refractivity contribution is 7.89. The molecule has 4 nitrogen and oxygen atoms in total. The Bertz CT molecular complexity index is 737. The lowest BCUT2D eigenvalue weighted by atomic mass is 10.0. The van der Waals surface area contributed by atoms with Crippen LogP contribution in [0.1, 0.15) is 27.2 Å². The Morgan fingerprint density at radius 3 is 2.30 bits per heavy atom. The van der Waals surface area contributed by atoms with Crippen molar-refractivity contribution in [3.63, 3.8) is 0 Å². The summed E-state index contributed by atoms with van der Waals surface area (Å²) in [5.41, 5.74) is 6.00. The number of sulfonamides is 1. The number of nitrogen functional groups attached to an aromatic ring is 1. The molecule has 20 heavy (non-hydrogen) atoms. The highest BCUT2D eigenvalue weighted by Gasteiger charge is 2.26. The van der Waals surface area contributed by atoms with Crippen LogP contribution in [0.5, 0.6) is 0 Å². The number of anilines is 1. The molecular weight excluding hydrogens is 272 g/mol. The van der Waals surface area contributed by atoms with Crippen molar-refractivity contribution in [1.29, 1.82) is 0 Å². The molecule has 0 aromatic heterocycles. The maximum Gasteiger partial charge on any atom is 0.241 e. The van der Waals surface area contributed by atoms with Gasteiger partial charge in [-0.15, -0.1) is 0 Å². The van der Waals surface area contributed by atoms with Gasteiger partial charge < -0.3 is 5.73 Å². The minimum Gasteiger partial charge on any atom is -0.398 e. The zero-order valence-corrected chi connectivity index (χ0v) is 12.8. The zero-order chi connectivity index (χ0) is 15.0. The van der Waals surface area contributed by atoms with E-state index in [2.05, 4.69) is 4.72 Å². The molecule has 0 spiro atoms. The van der Waals surface area contributed by atoms with Gasteiger partial charge in [0.1, 0.15) is 0 Å². The highest BCUT2D eigenvalue weighted by Crippen LogP contribution is 2.28. The van der Waals surface area contributed by atoms with Crippen molar-refractivity contribution in [2.45, 2.75) is 37.6 Å². The third kappa shape index (κ3) is 2.78. The summed E-state index contributed by atoms with van der Waals surface area (Å²) in [5, 5.41) is 1.40. The first-order valence-electron chi connectivity index (χ1n) is 6.58. The van der Waals surface area contributed by atoms with Gasteiger partial charge in [-0.05, 0) is 32.4 Å². The van der Waals surface area contributed by atoms with E-state index in [1.807, 2.05) is 39.0 Å². The maximum atomic E-state index is 12.6. The zero-order valence-electron chi connectivity index (χ0n) is 12.0. The molecule has 0 heterocycles. The van der Waals surface area contributed by atoms with Crippen LogP contribution in [0.15, 0.2) is 41.3 Å². The Hall–Kier alpha value is -1.59. The molecule has 0 aliphatic carbocycles. The number of hydrogen-bond donors (Lipinski definition) is 2. The number of fused-ring (bicyclic) bond motifs is 1. The van der Waals surface area contributed by atoms with Crippen LogP contribution in [0.4, 0.5) is 5.69 Å². The van der Waals surface area contributed by atoms with Crippen molar-refractivity contribution in [3.8, 4) is 0 Å². The van der Waals surface area contributed by atoms with Gasteiger partial charge >= 0.3 is 0 Å². The summed E-state index contributed by atoms with van der Waals surface area (Å²) < 4.78 is 27.9. The third-order valence-corrected chi connectivity index (χ3v) is 5.26. The van der Waals surface area contributed by atoms with Gasteiger partial charge in [0, 0.05) is 22.0 Å². The number of benzene rings is 2. The van der Waals surface area contributed by atoms with Crippen molar-refractivity contribution in [3.05, 3.63) is 36.4 Å². The van der Waals surface area contributed by atoms with E-state index in [9.17, 15) is 8.42 Å². The summed E-state index contributed by atoms with van der Waals surface area (Å²) in [6.07, 6.45) is 0.707. The minimum absolute atomic E-state index is 0.267. The molecule has 2 aromatic carbocycles. The summed E-state index contributed by atoms with van der Waals surface area (Å²) in [6, 6.07) is 10.5. The Labute approximate surface area is 120 Å². The quantitative estimate of drug-likeness (QED) is 0.851. The second kappa shape index (κ2) is 5.07. The largest absolute Gasteiger partial charge is 0.398 e. The first-order valence-corrected chi connectivity index (χ1v) is 8.06. The minimum atomic E-state index is -3.58. The van der Waals surface area contributed by atoms with Crippen molar-refractivity contribution in [2.75, 3.05) is 5.73 Å². The van der Waals surface area contributed by atoms with E-state index in [4.69, 9.17) is 5.73 Å². The molecule has 0 radical (unpaired) electrons. The normalized spacial score (nSPS) is 12.8. The fourth-order valence-electron chi connectivity index (χ4n) is 2.02. The molecule has 3 N–H and O–H groups in total. The second-order valence-corrected chi connectivity index (χ2v) is 7.19. The van der Waals surface area contributed by atoms with Gasteiger partial charge in [0.2, 0.25) is 10.0 Å². The SMILES string of the molecule is CCC(C)(C)NS(=O)(=O)c1ccc(N)c2ccccc12. The van der Waals surface area contributed by atoms with Crippen molar-refractivity contribution in [1.82, 2.24) is 4.72 Å². The van der Waals surface area contributed by atoms with E-state index >= 15 is 0 Å². The number of hydrogen-bond acceptors (Lipinski definition) is 3. The monoisotopic (exact) mass is 292 g/mol. The van der Waals surface area contributed by atoms with E-state index in [1.54, 1.807) is 18.2 Å². The van der Waals surface area contributed by atoms with Gasteiger partial charge in [-0.25, -0.2) is 13.1 Å². The molecule has 2 rings (SSSR count). The summed E-state index contributed by atoms with van der Waals surface area (Å²) in [7, 11) is -3.58. The molecule has 0 atom stereocenters.